The van der Waals surface area contributed by atoms with Crippen molar-refractivity contribution in [1.29, 1.82) is 0 Å². The lowest BCUT2D eigenvalue weighted by molar-refractivity contribution is 1.28. The number of anilines is 6. The molecule has 0 amide bonds. The van der Waals surface area contributed by atoms with Gasteiger partial charge in [-0.25, -0.2) is 0 Å². The Kier molecular flexibility index (Phi) is 18.1. The van der Waals surface area contributed by atoms with Crippen LogP contribution in [0.3, 0.4) is 0 Å². The number of hydrogen-bond donors (Lipinski definition) is 0. The molecule has 0 fully saturated rings. The largest absolute Gasteiger partial charge is 0.310 e. The minimum Gasteiger partial charge on any atom is -0.310 e. The molecule has 0 aliphatic rings. The van der Waals surface area contributed by atoms with E-state index >= 15 is 0 Å². The highest BCUT2D eigenvalue weighted by Gasteiger charge is 2.23. The fourth-order valence-electron chi connectivity index (χ4n) is 17.1. The molecule has 114 heavy (non-hydrogen) atoms. The number of fused-ring (bicyclic) bond motifs is 4. The fourth-order valence-corrected chi connectivity index (χ4v) is 17.1. The molecule has 2 heteroatoms. The molecule has 0 aliphatic heterocycles. The standard InChI is InChI=1S/C112H76N2/c1-5-25-80(26-6-1)100-72-68-96(76-110(100)86-31-11-4-12-32-86)114(112-48-24-38-84-35-15-18-42-103(84)112)95-64-55-79(56-65-95)91-61-71-107(105-46-22-37-82-34-14-17-41-99(82)105)109(75-91)88-51-49-77(50-52-88)89-59-69-101-92(73-89)39-23-44-97(101)87-57-66-94(67-58-87)113(111-47-20-19-43-102(111)83-27-7-2-8-28-83)93-62-53-78(54-63-93)90-60-70-106(108(74-90)85-29-9-3-10-30-85)104-45-21-36-81-33-13-16-40-98(81)104/h1-76H. The Morgan fingerprint density at radius 1 is 0.114 bits per heavy atom. The number of para-hydroxylation sites is 1. The Balaban J connectivity index is 0.618. The predicted octanol–water partition coefficient (Wildman–Crippen LogP) is 31.6. The molecule has 0 aliphatic carbocycles. The van der Waals surface area contributed by atoms with Gasteiger partial charge in [0.05, 0.1) is 11.4 Å². The molecule has 534 valence electrons. The van der Waals surface area contributed by atoms with Crippen LogP contribution in [0.4, 0.5) is 34.1 Å². The van der Waals surface area contributed by atoms with E-state index in [1.807, 2.05) is 0 Å². The molecule has 0 radical (unpaired) electrons. The van der Waals surface area contributed by atoms with Gasteiger partial charge in [0.2, 0.25) is 0 Å². The second kappa shape index (κ2) is 30.1. The molecule has 0 saturated carbocycles. The zero-order valence-electron chi connectivity index (χ0n) is 62.8. The van der Waals surface area contributed by atoms with Crippen molar-refractivity contribution in [3.8, 4) is 122 Å². The first-order valence-electron chi connectivity index (χ1n) is 39.3. The van der Waals surface area contributed by atoms with E-state index in [1.54, 1.807) is 0 Å². The zero-order chi connectivity index (χ0) is 75.7. The van der Waals surface area contributed by atoms with Gasteiger partial charge in [0.1, 0.15) is 0 Å². The Morgan fingerprint density at radius 2 is 0.404 bits per heavy atom. The average molecular weight is 1450 g/mol. The SMILES string of the molecule is c1ccc(-c2ccc(N(c3ccc(-c4ccc(-c5cccc6ccccc56)c(-c5ccc(-c6ccc7c(-c8ccc(N(c9ccc(-c%10ccc(-c%11cccc%12ccccc%11%12)c(-c%11ccccc%11)c%10)cc9)c9ccccc9-c9ccccc9)cc8)cccc7c6)cc5)c4)cc3)c3cccc4ccccc34)cc2-c2ccccc2)cc1. The van der Waals surface area contributed by atoms with Gasteiger partial charge >= 0.3 is 0 Å². The first-order valence-corrected chi connectivity index (χ1v) is 39.3. The molecular weight excluding hydrogens is 1370 g/mol. The van der Waals surface area contributed by atoms with E-state index < -0.39 is 0 Å². The summed E-state index contributed by atoms with van der Waals surface area (Å²) in [6.07, 6.45) is 0. The van der Waals surface area contributed by atoms with E-state index in [-0.39, 0.29) is 0 Å². The van der Waals surface area contributed by atoms with E-state index in [0.29, 0.717) is 0 Å². The quantitative estimate of drug-likeness (QED) is 0.0896. The summed E-state index contributed by atoms with van der Waals surface area (Å²) in [6.45, 7) is 0. The number of nitrogens with zero attached hydrogens (tertiary/aromatic N) is 2. The summed E-state index contributed by atoms with van der Waals surface area (Å²) in [5, 5.41) is 9.69. The van der Waals surface area contributed by atoms with Gasteiger partial charge in [-0.15, -0.1) is 0 Å². The Morgan fingerprint density at radius 3 is 0.930 bits per heavy atom. The normalized spacial score (nSPS) is 11.3. The first kappa shape index (κ1) is 68.3. The maximum absolute atomic E-state index is 2.42. The van der Waals surface area contributed by atoms with Crippen LogP contribution in [0, 0.1) is 0 Å². The third-order valence-corrected chi connectivity index (χ3v) is 22.7. The van der Waals surface area contributed by atoms with Crippen molar-refractivity contribution in [2.45, 2.75) is 0 Å². The van der Waals surface area contributed by atoms with E-state index in [9.17, 15) is 0 Å². The van der Waals surface area contributed by atoms with Crippen molar-refractivity contribution in [2.24, 2.45) is 0 Å². The first-order chi connectivity index (χ1) is 56.5. The van der Waals surface area contributed by atoms with Crippen molar-refractivity contribution < 1.29 is 0 Å². The zero-order valence-corrected chi connectivity index (χ0v) is 62.8. The van der Waals surface area contributed by atoms with Crippen LogP contribution in [0.25, 0.3) is 165 Å². The number of hydrogen-bond acceptors (Lipinski definition) is 2. The summed E-state index contributed by atoms with van der Waals surface area (Å²) >= 11 is 0. The summed E-state index contributed by atoms with van der Waals surface area (Å²) in [5.74, 6) is 0. The molecule has 0 heterocycles. The van der Waals surface area contributed by atoms with Crippen LogP contribution in [-0.2, 0) is 0 Å². The second-order valence-corrected chi connectivity index (χ2v) is 29.4. The molecule has 0 bridgehead atoms. The third kappa shape index (κ3) is 13.1. The molecule has 0 unspecified atom stereocenters. The molecule has 0 N–H and O–H groups in total. The van der Waals surface area contributed by atoms with Crippen molar-refractivity contribution in [3.05, 3.63) is 461 Å². The predicted molar refractivity (Wildman–Crippen MR) is 486 cm³/mol. The topological polar surface area (TPSA) is 6.48 Å². The lowest BCUT2D eigenvalue weighted by atomic mass is 9.88. The molecule has 0 aromatic heterocycles. The average Bonchev–Trinajstić information content (AvgIpc) is 0.770. The van der Waals surface area contributed by atoms with Crippen molar-refractivity contribution >= 4 is 77.2 Å². The molecule has 20 rings (SSSR count). The molecule has 0 saturated heterocycles. The van der Waals surface area contributed by atoms with Crippen LogP contribution < -0.4 is 9.80 Å². The minimum atomic E-state index is 1.07. The van der Waals surface area contributed by atoms with Gasteiger partial charge < -0.3 is 9.80 Å². The van der Waals surface area contributed by atoms with Crippen LogP contribution >= 0.6 is 0 Å². The summed E-state index contributed by atoms with van der Waals surface area (Å²) < 4.78 is 0. The lowest BCUT2D eigenvalue weighted by Crippen LogP contribution is -2.11. The van der Waals surface area contributed by atoms with Gasteiger partial charge in [0.15, 0.2) is 0 Å². The van der Waals surface area contributed by atoms with Crippen LogP contribution in [0.15, 0.2) is 461 Å². The summed E-state index contributed by atoms with van der Waals surface area (Å²) in [5.41, 5.74) is 32.4. The summed E-state index contributed by atoms with van der Waals surface area (Å²) in [4.78, 5) is 4.83. The highest BCUT2D eigenvalue weighted by molar-refractivity contribution is 6.06. The van der Waals surface area contributed by atoms with Gasteiger partial charge in [-0.3, -0.25) is 0 Å². The Labute approximate surface area is 666 Å². The smallest absolute Gasteiger partial charge is 0.0540 e. The molecular formula is C112H76N2. The molecule has 2 nitrogen and oxygen atoms in total. The second-order valence-electron chi connectivity index (χ2n) is 29.4. The van der Waals surface area contributed by atoms with Crippen LogP contribution in [0.5, 0.6) is 0 Å². The summed E-state index contributed by atoms with van der Waals surface area (Å²) in [6, 6.07) is 169. The van der Waals surface area contributed by atoms with E-state index in [2.05, 4.69) is 471 Å². The van der Waals surface area contributed by atoms with Crippen molar-refractivity contribution in [3.63, 3.8) is 0 Å². The summed E-state index contributed by atoms with van der Waals surface area (Å²) in [7, 11) is 0. The van der Waals surface area contributed by atoms with E-state index in [4.69, 9.17) is 0 Å². The van der Waals surface area contributed by atoms with Crippen molar-refractivity contribution in [2.75, 3.05) is 9.80 Å². The van der Waals surface area contributed by atoms with Gasteiger partial charge in [0.25, 0.3) is 0 Å². The van der Waals surface area contributed by atoms with E-state index in [0.717, 1.165) is 84.2 Å². The molecule has 20 aromatic carbocycles. The van der Waals surface area contributed by atoms with Crippen molar-refractivity contribution in [1.82, 2.24) is 0 Å². The Hall–Kier alpha value is -15.0. The van der Waals surface area contributed by atoms with Crippen LogP contribution in [-0.4, -0.2) is 0 Å². The van der Waals surface area contributed by atoms with Crippen LogP contribution in [0.2, 0.25) is 0 Å². The minimum absolute atomic E-state index is 1.07. The fraction of sp³-hybridized carbons (Fsp3) is 0. The highest BCUT2D eigenvalue weighted by atomic mass is 15.1. The lowest BCUT2D eigenvalue weighted by Gasteiger charge is -2.28. The maximum atomic E-state index is 2.42. The molecule has 0 spiro atoms. The highest BCUT2D eigenvalue weighted by Crippen LogP contribution is 2.48. The number of benzene rings is 20. The van der Waals surface area contributed by atoms with Gasteiger partial charge in [-0.1, -0.05) is 382 Å². The maximum Gasteiger partial charge on any atom is 0.0540 e. The van der Waals surface area contributed by atoms with Crippen LogP contribution in [0.1, 0.15) is 0 Å². The monoisotopic (exact) mass is 1450 g/mol. The number of rotatable bonds is 17. The van der Waals surface area contributed by atoms with Gasteiger partial charge in [0, 0.05) is 33.7 Å². The molecule has 0 atom stereocenters. The molecule has 20 aromatic rings. The third-order valence-electron chi connectivity index (χ3n) is 22.7. The van der Waals surface area contributed by atoms with Gasteiger partial charge in [-0.2, -0.15) is 0 Å². The van der Waals surface area contributed by atoms with Gasteiger partial charge in [-0.05, 0) is 233 Å². The van der Waals surface area contributed by atoms with E-state index in [1.165, 1.54) is 115 Å². The Bertz CT molecular complexity index is 6900.